The Morgan fingerprint density at radius 1 is 0.844 bits per heavy atom. The molecule has 5 nitrogen and oxygen atoms in total. The Bertz CT molecular complexity index is 1010. The van der Waals surface area contributed by atoms with Gasteiger partial charge in [0, 0.05) is 45.0 Å². The molecule has 3 aromatic carbocycles. The van der Waals surface area contributed by atoms with Gasteiger partial charge in [-0.3, -0.25) is 9.69 Å². The molecule has 5 heteroatoms. The Hall–Kier alpha value is -3.31. The molecule has 0 bridgehead atoms. The molecule has 0 aromatic heterocycles. The van der Waals surface area contributed by atoms with Crippen LogP contribution in [0.15, 0.2) is 78.9 Å². The predicted molar refractivity (Wildman–Crippen MR) is 129 cm³/mol. The molecule has 1 aliphatic heterocycles. The van der Waals surface area contributed by atoms with Crippen LogP contribution in [0.1, 0.15) is 28.4 Å². The average Bonchev–Trinajstić information content (AvgIpc) is 2.85. The summed E-state index contributed by atoms with van der Waals surface area (Å²) in [6.45, 7) is 7.95. The first-order chi connectivity index (χ1) is 15.7. The monoisotopic (exact) mass is 429 g/mol. The van der Waals surface area contributed by atoms with Crippen molar-refractivity contribution in [2.45, 2.75) is 20.0 Å². The Kier molecular flexibility index (Phi) is 7.41. The molecule has 1 heterocycles. The number of piperazine rings is 1. The van der Waals surface area contributed by atoms with E-state index in [0.29, 0.717) is 24.5 Å². The van der Waals surface area contributed by atoms with Gasteiger partial charge in [-0.15, -0.1) is 0 Å². The quantitative estimate of drug-likeness (QED) is 0.579. The average molecular weight is 430 g/mol. The lowest BCUT2D eigenvalue weighted by molar-refractivity contribution is 0.0947. The third-order valence-electron chi connectivity index (χ3n) is 5.88. The maximum absolute atomic E-state index is 12.8. The van der Waals surface area contributed by atoms with Crippen molar-refractivity contribution in [2.75, 3.05) is 37.7 Å². The second kappa shape index (κ2) is 10.8. The number of hydrogen-bond acceptors (Lipinski definition) is 4. The highest BCUT2D eigenvalue weighted by atomic mass is 16.5. The lowest BCUT2D eigenvalue weighted by Gasteiger charge is -2.36. The summed E-state index contributed by atoms with van der Waals surface area (Å²) in [5.41, 5.74) is 4.28. The van der Waals surface area contributed by atoms with E-state index in [-0.39, 0.29) is 5.91 Å². The highest BCUT2D eigenvalue weighted by Crippen LogP contribution is 2.20. The molecule has 0 unspecified atom stereocenters. The number of para-hydroxylation sites is 2. The van der Waals surface area contributed by atoms with Gasteiger partial charge >= 0.3 is 0 Å². The number of carbonyl (C=O) groups excluding carboxylic acids is 1. The predicted octanol–water partition coefficient (Wildman–Crippen LogP) is 4.34. The summed E-state index contributed by atoms with van der Waals surface area (Å²) in [7, 11) is 0. The largest absolute Gasteiger partial charge is 0.493 e. The maximum Gasteiger partial charge on any atom is 0.255 e. The zero-order valence-corrected chi connectivity index (χ0v) is 18.7. The van der Waals surface area contributed by atoms with E-state index in [1.54, 1.807) is 6.07 Å². The summed E-state index contributed by atoms with van der Waals surface area (Å²) in [5.74, 6) is 0.511. The third-order valence-corrected chi connectivity index (χ3v) is 5.88. The molecule has 1 amide bonds. The lowest BCUT2D eigenvalue weighted by Crippen LogP contribution is -2.46. The van der Waals surface area contributed by atoms with Crippen LogP contribution in [0.25, 0.3) is 0 Å². The number of nitrogens with zero attached hydrogens (tertiary/aromatic N) is 2. The SMILES string of the molecule is CCOc1ccccc1C(=O)NCc1ccccc1CN1CCN(c2ccccc2)CC1. The van der Waals surface area contributed by atoms with Crippen LogP contribution >= 0.6 is 0 Å². The third kappa shape index (κ3) is 5.48. The van der Waals surface area contributed by atoms with E-state index in [2.05, 4.69) is 63.6 Å². The van der Waals surface area contributed by atoms with Crippen molar-refractivity contribution < 1.29 is 9.53 Å². The Morgan fingerprint density at radius 2 is 1.50 bits per heavy atom. The van der Waals surface area contributed by atoms with E-state index in [1.165, 1.54) is 11.3 Å². The van der Waals surface area contributed by atoms with Crippen molar-refractivity contribution in [2.24, 2.45) is 0 Å². The first-order valence-corrected chi connectivity index (χ1v) is 11.3. The minimum absolute atomic E-state index is 0.111. The van der Waals surface area contributed by atoms with Crippen LogP contribution in [0.2, 0.25) is 0 Å². The van der Waals surface area contributed by atoms with Gasteiger partial charge in [-0.25, -0.2) is 0 Å². The van der Waals surface area contributed by atoms with Crippen LogP contribution in [0.3, 0.4) is 0 Å². The number of hydrogen-bond donors (Lipinski definition) is 1. The molecule has 1 fully saturated rings. The van der Waals surface area contributed by atoms with Crippen molar-refractivity contribution >= 4 is 11.6 Å². The number of rotatable bonds is 8. The van der Waals surface area contributed by atoms with Crippen LogP contribution in [-0.4, -0.2) is 43.6 Å². The molecule has 0 saturated carbocycles. The van der Waals surface area contributed by atoms with Crippen LogP contribution in [0, 0.1) is 0 Å². The number of anilines is 1. The van der Waals surface area contributed by atoms with Crippen molar-refractivity contribution in [3.05, 3.63) is 95.6 Å². The molecule has 4 rings (SSSR count). The zero-order chi connectivity index (χ0) is 22.2. The van der Waals surface area contributed by atoms with Crippen LogP contribution in [0.4, 0.5) is 5.69 Å². The fraction of sp³-hybridized carbons (Fsp3) is 0.296. The molecule has 1 aliphatic rings. The van der Waals surface area contributed by atoms with Gasteiger partial charge in [0.25, 0.3) is 5.91 Å². The first kappa shape index (κ1) is 21.9. The normalized spacial score (nSPS) is 14.2. The Labute approximate surface area is 190 Å². The van der Waals surface area contributed by atoms with Crippen molar-refractivity contribution in [3.63, 3.8) is 0 Å². The summed E-state index contributed by atoms with van der Waals surface area (Å²) >= 11 is 0. The van der Waals surface area contributed by atoms with Gasteiger partial charge in [0.1, 0.15) is 5.75 Å². The number of ether oxygens (including phenoxy) is 1. The number of benzene rings is 3. The molecule has 0 radical (unpaired) electrons. The van der Waals surface area contributed by atoms with Gasteiger partial charge < -0.3 is 15.0 Å². The van der Waals surface area contributed by atoms with Gasteiger partial charge in [-0.2, -0.15) is 0 Å². The highest BCUT2D eigenvalue weighted by Gasteiger charge is 2.18. The fourth-order valence-corrected chi connectivity index (χ4v) is 4.13. The molecular formula is C27H31N3O2. The van der Waals surface area contributed by atoms with Crippen molar-refractivity contribution in [1.82, 2.24) is 10.2 Å². The topological polar surface area (TPSA) is 44.8 Å². The summed E-state index contributed by atoms with van der Waals surface area (Å²) in [6, 6.07) is 26.4. The molecule has 1 saturated heterocycles. The van der Waals surface area contributed by atoms with E-state index in [9.17, 15) is 4.79 Å². The molecular weight excluding hydrogens is 398 g/mol. The smallest absolute Gasteiger partial charge is 0.255 e. The molecule has 166 valence electrons. The lowest BCUT2D eigenvalue weighted by atomic mass is 10.1. The second-order valence-corrected chi connectivity index (χ2v) is 7.98. The molecule has 1 N–H and O–H groups in total. The van der Waals surface area contributed by atoms with E-state index in [4.69, 9.17) is 4.74 Å². The highest BCUT2D eigenvalue weighted by molar-refractivity contribution is 5.96. The number of amides is 1. The standard InChI is InChI=1S/C27H31N3O2/c1-2-32-26-15-9-8-14-25(26)27(31)28-20-22-10-6-7-11-23(22)21-29-16-18-30(19-17-29)24-12-4-3-5-13-24/h3-15H,2,16-21H2,1H3,(H,28,31). The molecule has 3 aromatic rings. The zero-order valence-electron chi connectivity index (χ0n) is 18.7. The summed E-state index contributed by atoms with van der Waals surface area (Å²) in [5, 5.41) is 3.07. The van der Waals surface area contributed by atoms with Crippen molar-refractivity contribution in [3.8, 4) is 5.75 Å². The molecule has 0 spiro atoms. The van der Waals surface area contributed by atoms with Gasteiger partial charge in [0.15, 0.2) is 0 Å². The number of carbonyl (C=O) groups is 1. The first-order valence-electron chi connectivity index (χ1n) is 11.3. The number of nitrogens with one attached hydrogen (secondary N) is 1. The van der Waals surface area contributed by atoms with Crippen LogP contribution in [0.5, 0.6) is 5.75 Å². The maximum atomic E-state index is 12.8. The molecule has 32 heavy (non-hydrogen) atoms. The van der Waals surface area contributed by atoms with Gasteiger partial charge in [-0.1, -0.05) is 54.6 Å². The van der Waals surface area contributed by atoms with Crippen molar-refractivity contribution in [1.29, 1.82) is 0 Å². The summed E-state index contributed by atoms with van der Waals surface area (Å²) < 4.78 is 5.60. The van der Waals surface area contributed by atoms with Gasteiger partial charge in [0.05, 0.1) is 12.2 Å². The minimum atomic E-state index is -0.111. The van der Waals surface area contributed by atoms with E-state index in [1.807, 2.05) is 31.2 Å². The second-order valence-electron chi connectivity index (χ2n) is 7.98. The Morgan fingerprint density at radius 3 is 2.25 bits per heavy atom. The Balaban J connectivity index is 1.35. The summed E-state index contributed by atoms with van der Waals surface area (Å²) in [6.07, 6.45) is 0. The van der Waals surface area contributed by atoms with E-state index >= 15 is 0 Å². The van der Waals surface area contributed by atoms with E-state index in [0.717, 1.165) is 38.3 Å². The summed E-state index contributed by atoms with van der Waals surface area (Å²) in [4.78, 5) is 17.7. The van der Waals surface area contributed by atoms with Gasteiger partial charge in [-0.05, 0) is 42.3 Å². The minimum Gasteiger partial charge on any atom is -0.493 e. The van der Waals surface area contributed by atoms with Crippen LogP contribution < -0.4 is 15.0 Å². The van der Waals surface area contributed by atoms with Gasteiger partial charge in [0.2, 0.25) is 0 Å². The molecule has 0 atom stereocenters. The van der Waals surface area contributed by atoms with E-state index < -0.39 is 0 Å². The van der Waals surface area contributed by atoms with Crippen LogP contribution in [-0.2, 0) is 13.1 Å². The molecule has 0 aliphatic carbocycles. The fourth-order valence-electron chi connectivity index (χ4n) is 4.13.